The van der Waals surface area contributed by atoms with Crippen LogP contribution >= 0.6 is 23.1 Å². The number of aromatic nitrogens is 2. The highest BCUT2D eigenvalue weighted by Gasteiger charge is 2.54. The Hall–Kier alpha value is -0.620. The number of thioether (sulfide) groups is 1. The molecule has 0 spiro atoms. The maximum absolute atomic E-state index is 12.9. The van der Waals surface area contributed by atoms with Crippen LogP contribution in [-0.4, -0.2) is 28.8 Å². The van der Waals surface area contributed by atoms with Gasteiger partial charge in [-0.25, -0.2) is 0 Å². The Morgan fingerprint density at radius 1 is 1.24 bits per heavy atom. The van der Waals surface area contributed by atoms with Gasteiger partial charge in [0, 0.05) is 12.5 Å². The van der Waals surface area contributed by atoms with E-state index in [1.165, 1.54) is 30.6 Å². The zero-order chi connectivity index (χ0) is 14.4. The largest absolute Gasteiger partial charge is 0.363 e. The number of ketones is 1. The molecule has 4 nitrogen and oxygen atoms in total. The average Bonchev–Trinajstić information content (AvgIpc) is 2.91. The second-order valence-electron chi connectivity index (χ2n) is 7.03. The molecule has 0 aromatic carbocycles. The van der Waals surface area contributed by atoms with E-state index in [9.17, 15) is 4.79 Å². The number of hydrogen-bond donors (Lipinski definition) is 1. The minimum absolute atomic E-state index is 0.0261. The smallest absolute Gasteiger partial charge is 0.206 e. The number of nitrogens with one attached hydrogen (secondary N) is 1. The quantitative estimate of drug-likeness (QED) is 0.841. The van der Waals surface area contributed by atoms with Gasteiger partial charge in [-0.15, -0.1) is 10.2 Å². The molecule has 0 saturated heterocycles. The molecule has 21 heavy (non-hydrogen) atoms. The Bertz CT molecular complexity index is 522. The summed E-state index contributed by atoms with van der Waals surface area (Å²) in [5.74, 6) is 3.56. The highest BCUT2D eigenvalue weighted by atomic mass is 32.2. The second-order valence-corrected chi connectivity index (χ2v) is 9.23. The normalized spacial score (nSPS) is 36.9. The predicted octanol–water partition coefficient (Wildman–Crippen LogP) is 3.46. The topological polar surface area (TPSA) is 54.9 Å². The molecule has 0 aliphatic heterocycles. The molecule has 114 valence electrons. The Morgan fingerprint density at radius 3 is 2.38 bits per heavy atom. The van der Waals surface area contributed by atoms with Gasteiger partial charge < -0.3 is 5.32 Å². The van der Waals surface area contributed by atoms with Gasteiger partial charge in [-0.1, -0.05) is 23.1 Å². The van der Waals surface area contributed by atoms with E-state index in [1.54, 1.807) is 11.8 Å². The molecule has 4 aliphatic rings. The number of carbonyl (C=O) groups is 1. The van der Waals surface area contributed by atoms with Gasteiger partial charge in [-0.3, -0.25) is 4.79 Å². The van der Waals surface area contributed by atoms with Crippen LogP contribution in [0.2, 0.25) is 0 Å². The van der Waals surface area contributed by atoms with Crippen molar-refractivity contribution in [3.05, 3.63) is 0 Å². The summed E-state index contributed by atoms with van der Waals surface area (Å²) < 4.78 is 0.900. The van der Waals surface area contributed by atoms with E-state index < -0.39 is 0 Å². The summed E-state index contributed by atoms with van der Waals surface area (Å²) in [5.41, 5.74) is 0.0261. The van der Waals surface area contributed by atoms with Crippen molar-refractivity contribution >= 4 is 34.0 Å². The van der Waals surface area contributed by atoms with Crippen LogP contribution in [0.15, 0.2) is 4.34 Å². The molecule has 0 amide bonds. The number of carbonyl (C=O) groups excluding carboxylic acids is 1. The molecule has 0 atom stereocenters. The van der Waals surface area contributed by atoms with E-state index >= 15 is 0 Å². The lowest BCUT2D eigenvalue weighted by molar-refractivity contribution is -0.141. The second kappa shape index (κ2) is 5.23. The maximum atomic E-state index is 12.9. The van der Waals surface area contributed by atoms with Crippen LogP contribution in [-0.2, 0) is 4.79 Å². The number of hydrogen-bond acceptors (Lipinski definition) is 6. The predicted molar refractivity (Wildman–Crippen MR) is 85.8 cm³/mol. The van der Waals surface area contributed by atoms with Gasteiger partial charge in [-0.2, -0.15) is 0 Å². The lowest BCUT2D eigenvalue weighted by atomic mass is 9.48. The maximum Gasteiger partial charge on any atom is 0.206 e. The van der Waals surface area contributed by atoms with Crippen molar-refractivity contribution in [3.63, 3.8) is 0 Å². The van der Waals surface area contributed by atoms with Gasteiger partial charge in [0.05, 0.1) is 5.75 Å². The Kier molecular flexibility index (Phi) is 3.49. The SMILES string of the molecule is CNc1nnc(SCC(=O)C23CC4CC(CC(C4)C2)C3)s1. The Labute approximate surface area is 133 Å². The minimum atomic E-state index is 0.0261. The molecule has 4 aliphatic carbocycles. The van der Waals surface area contributed by atoms with Crippen LogP contribution in [0, 0.1) is 23.2 Å². The van der Waals surface area contributed by atoms with Gasteiger partial charge in [0.25, 0.3) is 0 Å². The first kappa shape index (κ1) is 14.0. The van der Waals surface area contributed by atoms with Crippen molar-refractivity contribution in [2.75, 3.05) is 18.1 Å². The highest BCUT2D eigenvalue weighted by molar-refractivity contribution is 8.01. The number of nitrogens with zero attached hydrogens (tertiary/aromatic N) is 2. The summed E-state index contributed by atoms with van der Waals surface area (Å²) in [5, 5.41) is 12.0. The van der Waals surface area contributed by atoms with Crippen LogP contribution in [0.5, 0.6) is 0 Å². The van der Waals surface area contributed by atoms with E-state index in [4.69, 9.17) is 0 Å². The lowest BCUT2D eigenvalue weighted by Gasteiger charge is -2.56. The molecule has 1 aromatic heterocycles. The van der Waals surface area contributed by atoms with E-state index in [2.05, 4.69) is 15.5 Å². The molecule has 1 heterocycles. The zero-order valence-corrected chi connectivity index (χ0v) is 13.9. The molecule has 0 unspecified atom stereocenters. The van der Waals surface area contributed by atoms with Gasteiger partial charge in [0.2, 0.25) is 5.13 Å². The van der Waals surface area contributed by atoms with Crippen LogP contribution in [0.1, 0.15) is 38.5 Å². The number of anilines is 1. The highest BCUT2D eigenvalue weighted by Crippen LogP contribution is 2.60. The van der Waals surface area contributed by atoms with Crippen LogP contribution in [0.3, 0.4) is 0 Å². The molecule has 1 aromatic rings. The molecular weight excluding hydrogens is 302 g/mol. The van der Waals surface area contributed by atoms with E-state index in [1.807, 2.05) is 7.05 Å². The van der Waals surface area contributed by atoms with Crippen molar-refractivity contribution in [1.29, 1.82) is 0 Å². The molecule has 4 fully saturated rings. The molecule has 4 saturated carbocycles. The fraction of sp³-hybridized carbons (Fsp3) is 0.800. The van der Waals surface area contributed by atoms with Crippen LogP contribution < -0.4 is 5.32 Å². The zero-order valence-electron chi connectivity index (χ0n) is 12.3. The summed E-state index contributed by atoms with van der Waals surface area (Å²) in [6.07, 6.45) is 7.66. The molecular formula is C15H21N3OS2. The molecule has 6 heteroatoms. The van der Waals surface area contributed by atoms with Crippen molar-refractivity contribution in [3.8, 4) is 0 Å². The fourth-order valence-electron chi connectivity index (χ4n) is 5.10. The summed E-state index contributed by atoms with van der Waals surface area (Å²) >= 11 is 3.10. The van der Waals surface area contributed by atoms with Crippen LogP contribution in [0.25, 0.3) is 0 Å². The first-order valence-corrected chi connectivity index (χ1v) is 9.64. The van der Waals surface area contributed by atoms with Crippen molar-refractivity contribution in [2.45, 2.75) is 42.9 Å². The summed E-state index contributed by atoms with van der Waals surface area (Å²) in [6.45, 7) is 0. The molecule has 0 radical (unpaired) electrons. The van der Waals surface area contributed by atoms with Gasteiger partial charge in [0.1, 0.15) is 5.78 Å². The monoisotopic (exact) mass is 323 g/mol. The molecule has 4 bridgehead atoms. The van der Waals surface area contributed by atoms with Crippen LogP contribution in [0.4, 0.5) is 5.13 Å². The van der Waals surface area contributed by atoms with Gasteiger partial charge >= 0.3 is 0 Å². The lowest BCUT2D eigenvalue weighted by Crippen LogP contribution is -2.50. The van der Waals surface area contributed by atoms with Crippen molar-refractivity contribution < 1.29 is 4.79 Å². The van der Waals surface area contributed by atoms with Crippen molar-refractivity contribution in [2.24, 2.45) is 23.2 Å². The first-order chi connectivity index (χ1) is 10.2. The van der Waals surface area contributed by atoms with Gasteiger partial charge in [-0.05, 0) is 56.3 Å². The third-order valence-electron chi connectivity index (χ3n) is 5.58. The van der Waals surface area contributed by atoms with Gasteiger partial charge in [0.15, 0.2) is 4.34 Å². The molecule has 5 rings (SSSR count). The fourth-order valence-corrected chi connectivity index (χ4v) is 6.84. The number of rotatable bonds is 5. The summed E-state index contributed by atoms with van der Waals surface area (Å²) in [7, 11) is 1.84. The van der Waals surface area contributed by atoms with E-state index in [0.717, 1.165) is 46.5 Å². The number of Topliss-reactive ketones (excluding diaryl/α,β-unsaturated/α-hetero) is 1. The third-order valence-corrected chi connectivity index (χ3v) is 7.65. The van der Waals surface area contributed by atoms with Crippen molar-refractivity contribution in [1.82, 2.24) is 10.2 Å². The molecule has 1 N–H and O–H groups in total. The van der Waals surface area contributed by atoms with E-state index in [0.29, 0.717) is 11.5 Å². The Balaban J connectivity index is 1.43. The summed E-state index contributed by atoms with van der Waals surface area (Å²) in [4.78, 5) is 12.9. The van der Waals surface area contributed by atoms with E-state index in [-0.39, 0.29) is 5.41 Å². The standard InChI is InChI=1S/C15H21N3OS2/c1-16-13-17-18-14(21-13)20-8-12(19)15-5-9-2-10(6-15)4-11(3-9)7-15/h9-11H,2-8H2,1H3,(H,16,17). The first-order valence-electron chi connectivity index (χ1n) is 7.84. The minimum Gasteiger partial charge on any atom is -0.363 e. The third kappa shape index (κ3) is 2.50. The Morgan fingerprint density at radius 2 is 1.86 bits per heavy atom. The summed E-state index contributed by atoms with van der Waals surface area (Å²) in [6, 6.07) is 0. The average molecular weight is 323 g/mol.